The molecular weight excluding hydrogens is 405 g/mol. The van der Waals surface area contributed by atoms with Gasteiger partial charge in [0.25, 0.3) is 0 Å². The van der Waals surface area contributed by atoms with Gasteiger partial charge in [-0.1, -0.05) is 31.2 Å². The number of alkyl halides is 3. The molecule has 0 saturated carbocycles. The van der Waals surface area contributed by atoms with Crippen molar-refractivity contribution in [1.82, 2.24) is 0 Å². The molecule has 0 aromatic heterocycles. The lowest BCUT2D eigenvalue weighted by atomic mass is 10.0. The van der Waals surface area contributed by atoms with Gasteiger partial charge in [-0.15, -0.1) is 0 Å². The van der Waals surface area contributed by atoms with Crippen LogP contribution < -0.4 is 10.6 Å². The Balaban J connectivity index is 1.72. The monoisotopic (exact) mass is 422 g/mol. The molecule has 3 rings (SSSR count). The van der Waals surface area contributed by atoms with Crippen LogP contribution in [0.5, 0.6) is 0 Å². The van der Waals surface area contributed by atoms with Gasteiger partial charge in [-0.25, -0.2) is 0 Å². The largest absolute Gasteiger partial charge is 0.417 e. The summed E-state index contributed by atoms with van der Waals surface area (Å²) in [6.45, 7) is 1.87. The molecule has 0 saturated heterocycles. The number of rotatable bonds is 5. The van der Waals surface area contributed by atoms with Gasteiger partial charge < -0.3 is 10.6 Å². The third kappa shape index (κ3) is 4.76. The molecule has 156 valence electrons. The lowest BCUT2D eigenvalue weighted by Gasteiger charge is -2.16. The fourth-order valence-electron chi connectivity index (χ4n) is 3.13. The quantitative estimate of drug-likeness (QED) is 0.585. The fourth-order valence-corrected chi connectivity index (χ4v) is 3.13. The van der Waals surface area contributed by atoms with Crippen LogP contribution in [-0.2, 0) is 11.0 Å². The van der Waals surface area contributed by atoms with Crippen LogP contribution in [0.3, 0.4) is 0 Å². The molecule has 0 bridgehead atoms. The minimum atomic E-state index is -4.70. The van der Waals surface area contributed by atoms with E-state index in [1.54, 1.807) is 19.1 Å². The van der Waals surface area contributed by atoms with Crippen molar-refractivity contribution in [3.63, 3.8) is 0 Å². The topological polar surface area (TPSA) is 88.7 Å². The number of nitrogens with zero attached hydrogens (tertiary/aromatic N) is 2. The van der Waals surface area contributed by atoms with Crippen molar-refractivity contribution in [3.8, 4) is 12.1 Å². The maximum Gasteiger partial charge on any atom is 0.417 e. The van der Waals surface area contributed by atoms with Crippen molar-refractivity contribution in [2.45, 2.75) is 13.1 Å². The first kappa shape index (κ1) is 21.7. The summed E-state index contributed by atoms with van der Waals surface area (Å²) >= 11 is 0. The van der Waals surface area contributed by atoms with E-state index in [9.17, 15) is 23.2 Å². The Labute approximate surface area is 176 Å². The van der Waals surface area contributed by atoms with Crippen molar-refractivity contribution >= 4 is 28.1 Å². The Hall–Kier alpha value is -4.04. The summed E-state index contributed by atoms with van der Waals surface area (Å²) in [7, 11) is 0. The van der Waals surface area contributed by atoms with E-state index in [2.05, 4.69) is 16.7 Å². The summed E-state index contributed by atoms with van der Waals surface area (Å²) in [4.78, 5) is 12.5. The number of anilines is 2. The first-order valence-corrected chi connectivity index (χ1v) is 9.32. The molecule has 0 aliphatic rings. The van der Waals surface area contributed by atoms with Crippen LogP contribution >= 0.6 is 0 Å². The highest BCUT2D eigenvalue weighted by Crippen LogP contribution is 2.33. The highest BCUT2D eigenvalue weighted by atomic mass is 19.4. The zero-order chi connectivity index (χ0) is 22.6. The molecule has 0 aliphatic heterocycles. The van der Waals surface area contributed by atoms with Crippen LogP contribution in [0.4, 0.5) is 24.5 Å². The van der Waals surface area contributed by atoms with Crippen molar-refractivity contribution < 1.29 is 18.0 Å². The summed E-state index contributed by atoms with van der Waals surface area (Å²) < 4.78 is 39.3. The van der Waals surface area contributed by atoms with Gasteiger partial charge in [-0.2, -0.15) is 23.7 Å². The molecule has 3 aromatic carbocycles. The van der Waals surface area contributed by atoms with E-state index in [-0.39, 0.29) is 12.2 Å². The Kier molecular flexibility index (Phi) is 6.12. The van der Waals surface area contributed by atoms with Gasteiger partial charge >= 0.3 is 6.18 Å². The summed E-state index contributed by atoms with van der Waals surface area (Å²) in [5.41, 5.74) is -0.359. The van der Waals surface area contributed by atoms with Gasteiger partial charge in [-0.05, 0) is 30.3 Å². The standard InChI is InChI=1S/C23H17F3N4O/c1-14(13-29-21-9-7-15(11-27)18-4-2-3-5-19(18)21)22(31)30-17-8-6-16(12-28)20(10-17)23(24,25)26/h2-10,14,29H,13H2,1H3,(H,30,31). The molecule has 8 heteroatoms. The predicted octanol–water partition coefficient (Wildman–Crippen LogP) is 5.29. The second-order valence-corrected chi connectivity index (χ2v) is 6.96. The number of nitrogens with one attached hydrogen (secondary N) is 2. The minimum Gasteiger partial charge on any atom is -0.384 e. The van der Waals surface area contributed by atoms with Gasteiger partial charge in [0.15, 0.2) is 0 Å². The molecule has 2 N–H and O–H groups in total. The molecule has 31 heavy (non-hydrogen) atoms. The number of halogens is 3. The van der Waals surface area contributed by atoms with Crippen molar-refractivity contribution in [2.24, 2.45) is 5.92 Å². The van der Waals surface area contributed by atoms with E-state index in [1.165, 1.54) is 12.1 Å². The molecule has 5 nitrogen and oxygen atoms in total. The zero-order valence-corrected chi connectivity index (χ0v) is 16.4. The summed E-state index contributed by atoms with van der Waals surface area (Å²) in [5.74, 6) is -1.04. The molecule has 1 unspecified atom stereocenters. The normalized spacial score (nSPS) is 11.9. The number of nitriles is 2. The Morgan fingerprint density at radius 2 is 1.65 bits per heavy atom. The Bertz CT molecular complexity index is 1220. The van der Waals surface area contributed by atoms with Crippen molar-refractivity contribution in [2.75, 3.05) is 17.2 Å². The summed E-state index contributed by atoms with van der Waals surface area (Å²) in [6, 6.07) is 17.5. The average Bonchev–Trinajstić information content (AvgIpc) is 2.76. The number of carbonyl (C=O) groups excluding carboxylic acids is 1. The number of carbonyl (C=O) groups is 1. The molecule has 0 radical (unpaired) electrons. The number of fused-ring (bicyclic) bond motifs is 1. The SMILES string of the molecule is CC(CNc1ccc(C#N)c2ccccc12)C(=O)Nc1ccc(C#N)c(C(F)(F)F)c1. The van der Waals surface area contributed by atoms with E-state index in [4.69, 9.17) is 5.26 Å². The summed E-state index contributed by atoms with van der Waals surface area (Å²) in [5, 5.41) is 25.4. The van der Waals surface area contributed by atoms with Crippen LogP contribution in [-0.4, -0.2) is 12.5 Å². The van der Waals surface area contributed by atoms with Gasteiger partial charge in [-0.3, -0.25) is 4.79 Å². The number of hydrogen-bond acceptors (Lipinski definition) is 4. The van der Waals surface area contributed by atoms with E-state index in [0.717, 1.165) is 28.6 Å². The van der Waals surface area contributed by atoms with Crippen LogP contribution in [0.15, 0.2) is 54.6 Å². The van der Waals surface area contributed by atoms with Gasteiger partial charge in [0.1, 0.15) is 0 Å². The molecule has 3 aromatic rings. The molecule has 1 atom stereocenters. The maximum atomic E-state index is 13.1. The van der Waals surface area contributed by atoms with Gasteiger partial charge in [0.05, 0.1) is 34.7 Å². The van der Waals surface area contributed by atoms with Crippen LogP contribution in [0.1, 0.15) is 23.6 Å². The van der Waals surface area contributed by atoms with Crippen molar-refractivity contribution in [3.05, 3.63) is 71.3 Å². The second kappa shape index (κ2) is 8.76. The lowest BCUT2D eigenvalue weighted by Crippen LogP contribution is -2.26. The smallest absolute Gasteiger partial charge is 0.384 e. The number of benzene rings is 3. The first-order chi connectivity index (χ1) is 14.7. The van der Waals surface area contributed by atoms with E-state index >= 15 is 0 Å². The highest BCUT2D eigenvalue weighted by molar-refractivity contribution is 5.98. The van der Waals surface area contributed by atoms with E-state index < -0.39 is 29.1 Å². The second-order valence-electron chi connectivity index (χ2n) is 6.96. The molecule has 0 heterocycles. The average molecular weight is 422 g/mol. The molecule has 1 amide bonds. The lowest BCUT2D eigenvalue weighted by molar-refractivity contribution is -0.137. The highest BCUT2D eigenvalue weighted by Gasteiger charge is 2.34. The predicted molar refractivity (Wildman–Crippen MR) is 111 cm³/mol. The number of amides is 1. The van der Waals surface area contributed by atoms with Gasteiger partial charge in [0.2, 0.25) is 5.91 Å². The van der Waals surface area contributed by atoms with Gasteiger partial charge in [0, 0.05) is 28.7 Å². The van der Waals surface area contributed by atoms with E-state index in [1.807, 2.05) is 24.3 Å². The third-order valence-electron chi connectivity index (χ3n) is 4.80. The molecular formula is C23H17F3N4O. The minimum absolute atomic E-state index is 0.0352. The molecule has 0 spiro atoms. The molecule has 0 fully saturated rings. The van der Waals surface area contributed by atoms with Crippen LogP contribution in [0.25, 0.3) is 10.8 Å². The van der Waals surface area contributed by atoms with Crippen LogP contribution in [0.2, 0.25) is 0 Å². The molecule has 0 aliphatic carbocycles. The van der Waals surface area contributed by atoms with Crippen molar-refractivity contribution in [1.29, 1.82) is 10.5 Å². The van der Waals surface area contributed by atoms with Crippen LogP contribution in [0, 0.1) is 28.6 Å². The Morgan fingerprint density at radius 3 is 2.29 bits per heavy atom. The summed E-state index contributed by atoms with van der Waals surface area (Å²) in [6.07, 6.45) is -4.70. The first-order valence-electron chi connectivity index (χ1n) is 9.32. The fraction of sp³-hybridized carbons (Fsp3) is 0.174. The maximum absolute atomic E-state index is 13.1. The third-order valence-corrected chi connectivity index (χ3v) is 4.80. The van der Waals surface area contributed by atoms with E-state index in [0.29, 0.717) is 5.56 Å². The Morgan fingerprint density at radius 1 is 1.00 bits per heavy atom. The number of hydrogen-bond donors (Lipinski definition) is 2. The zero-order valence-electron chi connectivity index (χ0n) is 16.4.